The van der Waals surface area contributed by atoms with Crippen molar-refractivity contribution >= 4 is 5.91 Å². The van der Waals surface area contributed by atoms with Crippen molar-refractivity contribution in [3.8, 4) is 0 Å². The fraction of sp³-hybridized carbons (Fsp3) is 0.667. The first-order chi connectivity index (χ1) is 9.63. The molecular weight excluding hydrogens is 254 g/mol. The molecule has 1 aliphatic rings. The molecule has 1 aromatic rings. The van der Waals surface area contributed by atoms with Crippen LogP contribution in [0, 0.1) is 6.92 Å². The molecule has 0 spiro atoms. The van der Waals surface area contributed by atoms with Crippen LogP contribution in [0.25, 0.3) is 0 Å². The van der Waals surface area contributed by atoms with Crippen molar-refractivity contribution in [2.75, 3.05) is 20.3 Å². The Morgan fingerprint density at radius 1 is 1.60 bits per heavy atom. The Labute approximate surface area is 120 Å². The number of carbonyl (C=O) groups is 1. The van der Waals surface area contributed by atoms with E-state index in [0.29, 0.717) is 19.6 Å². The summed E-state index contributed by atoms with van der Waals surface area (Å²) in [6.45, 7) is 3.95. The molecule has 3 N–H and O–H groups in total. The monoisotopic (exact) mass is 279 g/mol. The van der Waals surface area contributed by atoms with Crippen LogP contribution in [0.3, 0.4) is 0 Å². The molecule has 5 nitrogen and oxygen atoms in total. The van der Waals surface area contributed by atoms with Crippen molar-refractivity contribution in [1.29, 1.82) is 0 Å². The SMILES string of the molecule is COCCNC(=O)CCn1c(C)cc2c1CCCC2N. The lowest BCUT2D eigenvalue weighted by Gasteiger charge is -2.21. The number of fused-ring (bicyclic) bond motifs is 1. The summed E-state index contributed by atoms with van der Waals surface area (Å²) in [6, 6.07) is 2.34. The van der Waals surface area contributed by atoms with E-state index >= 15 is 0 Å². The van der Waals surface area contributed by atoms with Crippen LogP contribution in [0.5, 0.6) is 0 Å². The van der Waals surface area contributed by atoms with Gasteiger partial charge >= 0.3 is 0 Å². The lowest BCUT2D eigenvalue weighted by Crippen LogP contribution is -2.28. The molecule has 0 saturated heterocycles. The molecule has 0 fully saturated rings. The van der Waals surface area contributed by atoms with E-state index in [1.807, 2.05) is 0 Å². The highest BCUT2D eigenvalue weighted by atomic mass is 16.5. The van der Waals surface area contributed by atoms with Crippen molar-refractivity contribution in [3.05, 3.63) is 23.0 Å². The minimum absolute atomic E-state index is 0.0732. The smallest absolute Gasteiger partial charge is 0.221 e. The lowest BCUT2D eigenvalue weighted by atomic mass is 9.93. The van der Waals surface area contributed by atoms with E-state index in [2.05, 4.69) is 22.9 Å². The molecule has 112 valence electrons. The Hall–Kier alpha value is -1.33. The molecule has 1 amide bonds. The number of nitrogens with zero attached hydrogens (tertiary/aromatic N) is 1. The third-order valence-corrected chi connectivity index (χ3v) is 3.97. The fourth-order valence-electron chi connectivity index (χ4n) is 2.91. The predicted octanol–water partition coefficient (Wildman–Crippen LogP) is 1.29. The number of nitrogens with one attached hydrogen (secondary N) is 1. The van der Waals surface area contributed by atoms with Crippen molar-refractivity contribution in [1.82, 2.24) is 9.88 Å². The van der Waals surface area contributed by atoms with Crippen LogP contribution < -0.4 is 11.1 Å². The zero-order valence-electron chi connectivity index (χ0n) is 12.4. The molecule has 0 aliphatic heterocycles. The minimum Gasteiger partial charge on any atom is -0.383 e. The number of amides is 1. The average molecular weight is 279 g/mol. The largest absolute Gasteiger partial charge is 0.383 e. The topological polar surface area (TPSA) is 69.3 Å². The van der Waals surface area contributed by atoms with Crippen LogP contribution >= 0.6 is 0 Å². The second kappa shape index (κ2) is 6.90. The van der Waals surface area contributed by atoms with Crippen molar-refractivity contribution in [2.24, 2.45) is 5.73 Å². The van der Waals surface area contributed by atoms with Crippen LogP contribution in [0.1, 0.15) is 42.3 Å². The predicted molar refractivity (Wildman–Crippen MR) is 78.5 cm³/mol. The van der Waals surface area contributed by atoms with Gasteiger partial charge in [0, 0.05) is 44.0 Å². The van der Waals surface area contributed by atoms with Crippen molar-refractivity contribution < 1.29 is 9.53 Å². The third kappa shape index (κ3) is 3.41. The van der Waals surface area contributed by atoms with Gasteiger partial charge in [-0.2, -0.15) is 0 Å². The van der Waals surface area contributed by atoms with E-state index in [9.17, 15) is 4.79 Å². The first-order valence-electron chi connectivity index (χ1n) is 7.33. The molecule has 1 unspecified atom stereocenters. The molecular formula is C15H25N3O2. The number of hydrogen-bond acceptors (Lipinski definition) is 3. The van der Waals surface area contributed by atoms with E-state index in [0.717, 1.165) is 25.8 Å². The van der Waals surface area contributed by atoms with Gasteiger partial charge in [-0.1, -0.05) is 0 Å². The molecule has 5 heteroatoms. The summed E-state index contributed by atoms with van der Waals surface area (Å²) < 4.78 is 7.17. The summed E-state index contributed by atoms with van der Waals surface area (Å²) >= 11 is 0. The van der Waals surface area contributed by atoms with Gasteiger partial charge in [-0.15, -0.1) is 0 Å². The second-order valence-corrected chi connectivity index (χ2v) is 5.43. The minimum atomic E-state index is 0.0732. The molecule has 1 aliphatic carbocycles. The summed E-state index contributed by atoms with van der Waals surface area (Å²) in [4.78, 5) is 11.8. The summed E-state index contributed by atoms with van der Waals surface area (Å²) in [5.41, 5.74) is 9.96. The molecule has 0 saturated carbocycles. The first-order valence-corrected chi connectivity index (χ1v) is 7.33. The molecule has 1 aromatic heterocycles. The molecule has 1 atom stereocenters. The first kappa shape index (κ1) is 15.1. The number of nitrogens with two attached hydrogens (primary N) is 1. The van der Waals surface area contributed by atoms with Gasteiger partial charge in [-0.05, 0) is 37.8 Å². The van der Waals surface area contributed by atoms with Crippen LogP contribution in [0.4, 0.5) is 0 Å². The Balaban J connectivity index is 1.95. The van der Waals surface area contributed by atoms with Crippen molar-refractivity contribution in [3.63, 3.8) is 0 Å². The number of rotatable bonds is 6. The summed E-state index contributed by atoms with van der Waals surface area (Å²) in [5.74, 6) is 0.0732. The molecule has 0 aromatic carbocycles. The van der Waals surface area contributed by atoms with Gasteiger partial charge in [0.2, 0.25) is 5.91 Å². The molecule has 2 rings (SSSR count). The Morgan fingerprint density at radius 2 is 2.40 bits per heavy atom. The quantitative estimate of drug-likeness (QED) is 0.771. The maximum Gasteiger partial charge on any atom is 0.221 e. The molecule has 1 heterocycles. The van der Waals surface area contributed by atoms with Gasteiger partial charge in [0.05, 0.1) is 6.61 Å². The van der Waals surface area contributed by atoms with Gasteiger partial charge in [-0.25, -0.2) is 0 Å². The number of aryl methyl sites for hydroxylation is 1. The molecule has 20 heavy (non-hydrogen) atoms. The van der Waals surface area contributed by atoms with E-state index < -0.39 is 0 Å². The second-order valence-electron chi connectivity index (χ2n) is 5.43. The van der Waals surface area contributed by atoms with E-state index in [4.69, 9.17) is 10.5 Å². The van der Waals surface area contributed by atoms with Crippen LogP contribution in [0.2, 0.25) is 0 Å². The van der Waals surface area contributed by atoms with Crippen LogP contribution in [-0.2, 0) is 22.5 Å². The van der Waals surface area contributed by atoms with Crippen molar-refractivity contribution in [2.45, 2.75) is 45.2 Å². The molecule has 0 radical (unpaired) electrons. The van der Waals surface area contributed by atoms with E-state index in [-0.39, 0.29) is 11.9 Å². The normalized spacial score (nSPS) is 17.9. The third-order valence-electron chi connectivity index (χ3n) is 3.97. The zero-order chi connectivity index (χ0) is 14.5. The van der Waals surface area contributed by atoms with Gasteiger partial charge in [0.15, 0.2) is 0 Å². The summed E-state index contributed by atoms with van der Waals surface area (Å²) in [7, 11) is 1.63. The highest BCUT2D eigenvalue weighted by molar-refractivity contribution is 5.75. The summed E-state index contributed by atoms with van der Waals surface area (Å²) in [6.07, 6.45) is 3.77. The van der Waals surface area contributed by atoms with Gasteiger partial charge in [0.25, 0.3) is 0 Å². The van der Waals surface area contributed by atoms with E-state index in [1.54, 1.807) is 7.11 Å². The number of aromatic nitrogens is 1. The van der Waals surface area contributed by atoms with Crippen LogP contribution in [-0.4, -0.2) is 30.7 Å². The lowest BCUT2D eigenvalue weighted by molar-refractivity contribution is -0.121. The van der Waals surface area contributed by atoms with Crippen LogP contribution in [0.15, 0.2) is 6.07 Å². The number of ether oxygens (including phenoxy) is 1. The standard InChI is InChI=1S/C15H25N3O2/c1-11-10-12-13(16)4-3-5-14(12)18(11)8-6-15(19)17-7-9-20-2/h10,13H,3-9,16H2,1-2H3,(H,17,19). The van der Waals surface area contributed by atoms with Gasteiger partial charge in [0.1, 0.15) is 0 Å². The van der Waals surface area contributed by atoms with Gasteiger partial charge in [-0.3, -0.25) is 4.79 Å². The Bertz CT molecular complexity index is 468. The Kier molecular flexibility index (Phi) is 5.20. The summed E-state index contributed by atoms with van der Waals surface area (Å²) in [5, 5.41) is 2.85. The zero-order valence-corrected chi connectivity index (χ0v) is 12.4. The average Bonchev–Trinajstić information content (AvgIpc) is 2.74. The Morgan fingerprint density at radius 3 is 3.15 bits per heavy atom. The highest BCUT2D eigenvalue weighted by Crippen LogP contribution is 2.30. The maximum atomic E-state index is 11.8. The maximum absolute atomic E-state index is 11.8. The number of hydrogen-bond donors (Lipinski definition) is 2. The number of carbonyl (C=O) groups excluding carboxylic acids is 1. The molecule has 0 bridgehead atoms. The fourth-order valence-corrected chi connectivity index (χ4v) is 2.91. The highest BCUT2D eigenvalue weighted by Gasteiger charge is 2.22. The number of methoxy groups -OCH3 is 1. The van der Waals surface area contributed by atoms with E-state index in [1.165, 1.54) is 17.0 Å². The van der Waals surface area contributed by atoms with Gasteiger partial charge < -0.3 is 20.4 Å².